The first-order valence-electron chi connectivity index (χ1n) is 12.8. The Morgan fingerprint density at radius 1 is 1.07 bits per heavy atom. The third kappa shape index (κ3) is 7.08. The van der Waals surface area contributed by atoms with Crippen molar-refractivity contribution in [1.82, 2.24) is 15.0 Å². The fraction of sp³-hybridized carbons (Fsp3) is 0.233. The number of hydrogen-bond acceptors (Lipinski definition) is 5. The molecule has 10 heteroatoms. The molecule has 0 radical (unpaired) electrons. The molecular formula is C30H29ClN4O4S. The van der Waals surface area contributed by atoms with E-state index < -0.39 is 16.9 Å². The number of carbonyl (C=O) groups is 2. The number of nitrogens with zero attached hydrogens (tertiary/aromatic N) is 1. The highest BCUT2D eigenvalue weighted by atomic mass is 35.5. The number of para-hydroxylation sites is 1. The van der Waals surface area contributed by atoms with Gasteiger partial charge < -0.3 is 15.0 Å². The van der Waals surface area contributed by atoms with Crippen LogP contribution < -0.4 is 14.8 Å². The van der Waals surface area contributed by atoms with Gasteiger partial charge in [-0.25, -0.2) is 4.21 Å². The lowest BCUT2D eigenvalue weighted by Crippen LogP contribution is -2.32. The maximum atomic E-state index is 13.1. The molecule has 40 heavy (non-hydrogen) atoms. The molecule has 0 aliphatic carbocycles. The molecule has 4 aromatic rings. The van der Waals surface area contributed by atoms with Gasteiger partial charge in [-0.2, -0.15) is 5.26 Å². The number of hydrogen-bond donors (Lipinski definition) is 3. The number of nitriles is 1. The molecule has 8 nitrogen and oxygen atoms in total. The summed E-state index contributed by atoms with van der Waals surface area (Å²) in [6, 6.07) is 19.7. The maximum absolute atomic E-state index is 13.1. The normalized spacial score (nSPS) is 11.6. The number of rotatable bonds is 11. The largest absolute Gasteiger partial charge is 0.494 e. The minimum atomic E-state index is -1.80. The molecule has 0 bridgehead atoms. The zero-order valence-electron chi connectivity index (χ0n) is 22.2. The van der Waals surface area contributed by atoms with Crippen LogP contribution in [-0.2, 0) is 22.2 Å². The molecule has 3 aromatic carbocycles. The minimum absolute atomic E-state index is 0.0568. The van der Waals surface area contributed by atoms with Crippen LogP contribution in [-0.4, -0.2) is 34.2 Å². The van der Waals surface area contributed by atoms with Crippen molar-refractivity contribution >= 4 is 45.3 Å². The summed E-state index contributed by atoms with van der Waals surface area (Å²) in [6.07, 6.45) is 1.24. The van der Waals surface area contributed by atoms with E-state index in [1.165, 1.54) is 6.07 Å². The second-order valence-corrected chi connectivity index (χ2v) is 10.9. The van der Waals surface area contributed by atoms with Gasteiger partial charge in [-0.15, -0.1) is 0 Å². The second kappa shape index (κ2) is 13.3. The second-order valence-electron chi connectivity index (χ2n) is 9.29. The van der Waals surface area contributed by atoms with Crippen LogP contribution in [0.1, 0.15) is 45.6 Å². The van der Waals surface area contributed by atoms with Gasteiger partial charge in [-0.1, -0.05) is 35.9 Å². The molecular weight excluding hydrogens is 548 g/mol. The Balaban J connectivity index is 1.33. The van der Waals surface area contributed by atoms with Crippen LogP contribution in [0.15, 0.2) is 65.6 Å². The molecule has 1 unspecified atom stereocenters. The van der Waals surface area contributed by atoms with E-state index in [1.54, 1.807) is 18.2 Å². The van der Waals surface area contributed by atoms with Crippen molar-refractivity contribution in [3.05, 3.63) is 93.6 Å². The van der Waals surface area contributed by atoms with E-state index in [0.717, 1.165) is 38.4 Å². The fourth-order valence-electron chi connectivity index (χ4n) is 4.35. The van der Waals surface area contributed by atoms with E-state index in [4.69, 9.17) is 21.6 Å². The van der Waals surface area contributed by atoms with E-state index in [0.29, 0.717) is 35.6 Å². The standard InChI is InChI=1S/C30H29ClN4O4S/c1-19-15-22(16-20(2)28(19)31)39-14-6-10-25-24-9-3-4-11-26(24)34-29(25)30(37)33-13-12-27(36)35-40(38)23-8-5-7-21(17-23)18-32/h3-5,7-9,11,15-17,34H,6,10,12-14H2,1-2H3,(H,33,37)(H,35,36). The summed E-state index contributed by atoms with van der Waals surface area (Å²) < 4.78 is 20.8. The lowest BCUT2D eigenvalue weighted by molar-refractivity contribution is -0.119. The third-order valence-corrected chi connectivity index (χ3v) is 8.00. The van der Waals surface area contributed by atoms with E-state index >= 15 is 0 Å². The SMILES string of the molecule is Cc1cc(OCCCc2c(C(=O)NCCC(=O)NS(=O)c3cccc(C#N)c3)[nH]c3ccccc23)cc(C)c1Cl. The molecule has 0 saturated heterocycles. The Hall–Kier alpha value is -4.13. The van der Waals surface area contributed by atoms with Crippen molar-refractivity contribution in [2.45, 2.75) is 38.0 Å². The molecule has 1 aromatic heterocycles. The Bertz CT molecular complexity index is 1600. The average Bonchev–Trinajstić information content (AvgIpc) is 3.32. The van der Waals surface area contributed by atoms with Crippen molar-refractivity contribution in [2.75, 3.05) is 13.2 Å². The number of halogens is 1. The van der Waals surface area contributed by atoms with Crippen LogP contribution in [0.2, 0.25) is 5.02 Å². The van der Waals surface area contributed by atoms with Gasteiger partial charge in [0.05, 0.1) is 23.1 Å². The van der Waals surface area contributed by atoms with Crippen LogP contribution in [0, 0.1) is 25.2 Å². The first kappa shape index (κ1) is 28.9. The van der Waals surface area contributed by atoms with Gasteiger partial charge >= 0.3 is 0 Å². The van der Waals surface area contributed by atoms with Crippen molar-refractivity contribution in [2.24, 2.45) is 0 Å². The number of ether oxygens (including phenoxy) is 1. The summed E-state index contributed by atoms with van der Waals surface area (Å²) in [7, 11) is -1.80. The molecule has 0 aliphatic rings. The summed E-state index contributed by atoms with van der Waals surface area (Å²) in [6.45, 7) is 4.41. The maximum Gasteiger partial charge on any atom is 0.268 e. The number of benzene rings is 3. The number of nitrogens with one attached hydrogen (secondary N) is 3. The highest BCUT2D eigenvalue weighted by molar-refractivity contribution is 7.83. The van der Waals surface area contributed by atoms with E-state index in [2.05, 4.69) is 15.0 Å². The monoisotopic (exact) mass is 576 g/mol. The van der Waals surface area contributed by atoms with E-state index in [1.807, 2.05) is 56.3 Å². The molecule has 1 heterocycles. The minimum Gasteiger partial charge on any atom is -0.494 e. The number of aromatic amines is 1. The summed E-state index contributed by atoms with van der Waals surface area (Å²) in [5.41, 5.74) is 4.43. The number of carbonyl (C=O) groups excluding carboxylic acids is 2. The van der Waals surface area contributed by atoms with Crippen molar-refractivity contribution in [3.8, 4) is 11.8 Å². The lowest BCUT2D eigenvalue weighted by atomic mass is 10.1. The molecule has 0 fully saturated rings. The highest BCUT2D eigenvalue weighted by Crippen LogP contribution is 2.27. The van der Waals surface area contributed by atoms with Gasteiger partial charge in [0.2, 0.25) is 5.91 Å². The number of H-pyrrole nitrogens is 1. The molecule has 206 valence electrons. The van der Waals surface area contributed by atoms with Crippen molar-refractivity contribution in [3.63, 3.8) is 0 Å². The third-order valence-electron chi connectivity index (χ3n) is 6.31. The Kier molecular flexibility index (Phi) is 9.59. The fourth-order valence-corrected chi connectivity index (χ4v) is 5.33. The molecule has 0 spiro atoms. The quantitative estimate of drug-likeness (QED) is 0.210. The van der Waals surface area contributed by atoms with E-state index in [-0.39, 0.29) is 18.9 Å². The zero-order valence-corrected chi connectivity index (χ0v) is 23.7. The molecule has 0 saturated carbocycles. The van der Waals surface area contributed by atoms with Crippen LogP contribution >= 0.6 is 11.6 Å². The van der Waals surface area contributed by atoms with Gasteiger partial charge in [0, 0.05) is 28.9 Å². The first-order valence-corrected chi connectivity index (χ1v) is 14.3. The predicted octanol–water partition coefficient (Wildman–Crippen LogP) is 5.28. The van der Waals surface area contributed by atoms with Gasteiger partial charge in [0.15, 0.2) is 11.0 Å². The first-order chi connectivity index (χ1) is 19.3. The van der Waals surface area contributed by atoms with Gasteiger partial charge in [0.1, 0.15) is 11.4 Å². The van der Waals surface area contributed by atoms with Crippen molar-refractivity contribution in [1.29, 1.82) is 5.26 Å². The van der Waals surface area contributed by atoms with E-state index in [9.17, 15) is 13.8 Å². The molecule has 3 N–H and O–H groups in total. The summed E-state index contributed by atoms with van der Waals surface area (Å²) in [4.78, 5) is 28.9. The molecule has 4 rings (SSSR count). The van der Waals surface area contributed by atoms with Crippen molar-refractivity contribution < 1.29 is 18.5 Å². The average molecular weight is 577 g/mol. The number of fused-ring (bicyclic) bond motifs is 1. The smallest absolute Gasteiger partial charge is 0.268 e. The number of amides is 2. The summed E-state index contributed by atoms with van der Waals surface area (Å²) in [5.74, 6) is -0.0531. The van der Waals surface area contributed by atoms with Crippen LogP contribution in [0.4, 0.5) is 0 Å². The molecule has 0 aliphatic heterocycles. The number of aryl methyl sites for hydroxylation is 3. The zero-order chi connectivity index (χ0) is 28.6. The Labute approximate surface area is 240 Å². The topological polar surface area (TPSA) is 124 Å². The number of aromatic nitrogens is 1. The van der Waals surface area contributed by atoms with Gasteiger partial charge in [0.25, 0.3) is 5.91 Å². The molecule has 1 atom stereocenters. The summed E-state index contributed by atoms with van der Waals surface area (Å²) >= 11 is 6.25. The van der Waals surface area contributed by atoms with Gasteiger partial charge in [-0.3, -0.25) is 14.3 Å². The van der Waals surface area contributed by atoms with Crippen LogP contribution in [0.5, 0.6) is 5.75 Å². The summed E-state index contributed by atoms with van der Waals surface area (Å²) in [5, 5.41) is 13.5. The van der Waals surface area contributed by atoms with Crippen LogP contribution in [0.25, 0.3) is 10.9 Å². The predicted molar refractivity (Wildman–Crippen MR) is 156 cm³/mol. The van der Waals surface area contributed by atoms with Crippen LogP contribution in [0.3, 0.4) is 0 Å². The van der Waals surface area contributed by atoms with Gasteiger partial charge in [-0.05, 0) is 79.8 Å². The molecule has 2 amide bonds. The lowest BCUT2D eigenvalue weighted by Gasteiger charge is -2.11. The highest BCUT2D eigenvalue weighted by Gasteiger charge is 2.18. The Morgan fingerprint density at radius 2 is 1.82 bits per heavy atom. The Morgan fingerprint density at radius 3 is 2.58 bits per heavy atom.